The second-order valence-corrected chi connectivity index (χ2v) is 14.3. The van der Waals surface area contributed by atoms with Crippen molar-refractivity contribution in [2.45, 2.75) is 0 Å². The number of hydrogen-bond donors (Lipinski definition) is 0. The Morgan fingerprint density at radius 3 is 1.61 bits per heavy atom. The lowest BCUT2D eigenvalue weighted by molar-refractivity contribution is 1.07. The fraction of sp³-hybridized carbons (Fsp3) is 0. The van der Waals surface area contributed by atoms with Crippen LogP contribution in [-0.4, -0.2) is 24.5 Å². The first-order valence-electron chi connectivity index (χ1n) is 19.1. The molecule has 0 unspecified atom stereocenters. The summed E-state index contributed by atoms with van der Waals surface area (Å²) in [5.41, 5.74) is 11.7. The molecule has 11 rings (SSSR count). The number of benzene rings is 8. The molecule has 0 saturated heterocycles. The van der Waals surface area contributed by atoms with Gasteiger partial charge in [-0.15, -0.1) is 0 Å². The van der Waals surface area contributed by atoms with Crippen LogP contribution in [0.25, 0.3) is 106 Å². The molecular weight excluding hydrogens is 695 g/mol. The van der Waals surface area contributed by atoms with Gasteiger partial charge in [0.05, 0.1) is 16.6 Å². The van der Waals surface area contributed by atoms with Crippen LogP contribution >= 0.6 is 0 Å². The zero-order valence-electron chi connectivity index (χ0n) is 30.8. The smallest absolute Gasteiger partial charge is 0.164 e. The van der Waals surface area contributed by atoms with Crippen LogP contribution in [0, 0.1) is 0 Å². The highest BCUT2D eigenvalue weighted by Crippen LogP contribution is 2.39. The van der Waals surface area contributed by atoms with E-state index in [1.54, 1.807) is 0 Å². The van der Waals surface area contributed by atoms with Crippen molar-refractivity contribution < 1.29 is 0 Å². The molecule has 11 aromatic rings. The highest BCUT2D eigenvalue weighted by Gasteiger charge is 2.17. The van der Waals surface area contributed by atoms with Crippen molar-refractivity contribution in [2.24, 2.45) is 0 Å². The quantitative estimate of drug-likeness (QED) is 0.171. The molecule has 5 nitrogen and oxygen atoms in total. The van der Waals surface area contributed by atoms with E-state index in [1.165, 1.54) is 32.6 Å². The minimum absolute atomic E-state index is 0.631. The molecule has 3 heterocycles. The molecule has 0 amide bonds. The third-order valence-electron chi connectivity index (χ3n) is 10.9. The van der Waals surface area contributed by atoms with E-state index in [-0.39, 0.29) is 0 Å². The van der Waals surface area contributed by atoms with Gasteiger partial charge in [0.2, 0.25) is 0 Å². The fourth-order valence-electron chi connectivity index (χ4n) is 8.09. The van der Waals surface area contributed by atoms with Crippen molar-refractivity contribution in [3.63, 3.8) is 0 Å². The molecule has 0 bridgehead atoms. The molecule has 0 aliphatic heterocycles. The zero-order chi connectivity index (χ0) is 37.7. The minimum atomic E-state index is 0.631. The molecule has 0 spiro atoms. The zero-order valence-corrected chi connectivity index (χ0v) is 30.8. The van der Waals surface area contributed by atoms with Crippen LogP contribution in [0.4, 0.5) is 0 Å². The number of para-hydroxylation sites is 2. The molecule has 0 aliphatic rings. The molecule has 266 valence electrons. The minimum Gasteiger partial charge on any atom is -0.309 e. The Kier molecular flexibility index (Phi) is 7.74. The Morgan fingerprint density at radius 1 is 0.351 bits per heavy atom. The molecule has 0 aliphatic carbocycles. The van der Waals surface area contributed by atoms with Gasteiger partial charge in [0, 0.05) is 61.2 Å². The third-order valence-corrected chi connectivity index (χ3v) is 10.9. The van der Waals surface area contributed by atoms with Gasteiger partial charge in [-0.2, -0.15) is 0 Å². The Bertz CT molecular complexity index is 3210. The molecule has 8 aromatic carbocycles. The van der Waals surface area contributed by atoms with Crippen LogP contribution in [0.3, 0.4) is 0 Å². The van der Waals surface area contributed by atoms with Gasteiger partial charge in [-0.05, 0) is 40.8 Å². The van der Waals surface area contributed by atoms with E-state index in [2.05, 4.69) is 138 Å². The van der Waals surface area contributed by atoms with Crippen molar-refractivity contribution >= 4 is 43.5 Å². The van der Waals surface area contributed by atoms with Gasteiger partial charge >= 0.3 is 0 Å². The molecule has 57 heavy (non-hydrogen) atoms. The maximum atomic E-state index is 5.11. The predicted octanol–water partition coefficient (Wildman–Crippen LogP) is 13.0. The highest BCUT2D eigenvalue weighted by molar-refractivity contribution is 6.19. The molecular formula is C52H33N5. The Morgan fingerprint density at radius 2 is 0.912 bits per heavy atom. The van der Waals surface area contributed by atoms with Crippen LogP contribution in [0.2, 0.25) is 0 Å². The fourth-order valence-corrected chi connectivity index (χ4v) is 8.09. The summed E-state index contributed by atoms with van der Waals surface area (Å²) in [6, 6.07) is 67.8. The summed E-state index contributed by atoms with van der Waals surface area (Å²) in [5, 5.41) is 6.03. The second kappa shape index (κ2) is 13.5. The first-order chi connectivity index (χ1) is 28.2. The van der Waals surface area contributed by atoms with E-state index in [9.17, 15) is 0 Å². The number of fused-ring (bicyclic) bond motifs is 6. The van der Waals surface area contributed by atoms with Gasteiger partial charge in [-0.25, -0.2) is 15.0 Å². The topological polar surface area (TPSA) is 56.5 Å². The first kappa shape index (κ1) is 32.7. The lowest BCUT2D eigenvalue weighted by atomic mass is 9.98. The number of rotatable bonds is 6. The SMILES string of the molecule is c1ccc(-c2nc(-c3ccccc3)nc(-c3ccc(-c4cccc5cc(-c6ccc7c8ccc9ccccc9c8n(-c8ccccc8)c7c6)cnc45)cc3)n2)cc1. The molecule has 0 atom stereocenters. The van der Waals surface area contributed by atoms with Crippen molar-refractivity contribution in [2.75, 3.05) is 0 Å². The summed E-state index contributed by atoms with van der Waals surface area (Å²) in [6.07, 6.45) is 2.01. The third kappa shape index (κ3) is 5.72. The van der Waals surface area contributed by atoms with Gasteiger partial charge in [0.1, 0.15) is 0 Å². The number of pyridine rings is 1. The van der Waals surface area contributed by atoms with Crippen LogP contribution in [0.5, 0.6) is 0 Å². The van der Waals surface area contributed by atoms with Crippen LogP contribution in [-0.2, 0) is 0 Å². The van der Waals surface area contributed by atoms with E-state index in [0.29, 0.717) is 17.5 Å². The summed E-state index contributed by atoms with van der Waals surface area (Å²) in [6.45, 7) is 0. The lowest BCUT2D eigenvalue weighted by Crippen LogP contribution is -2.00. The monoisotopic (exact) mass is 727 g/mol. The summed E-state index contributed by atoms with van der Waals surface area (Å²) in [7, 11) is 0. The number of hydrogen-bond acceptors (Lipinski definition) is 4. The van der Waals surface area contributed by atoms with E-state index >= 15 is 0 Å². The average Bonchev–Trinajstić information content (AvgIpc) is 3.63. The molecule has 0 saturated carbocycles. The standard InChI is InChI=1S/C52H33N5/c1-4-14-36(15-5-1)50-54-51(37-16-6-2-7-17-37)56-52(55-50)38-25-23-35(24-26-38)43-22-12-18-40-31-41(33-53-48(40)43)39-28-29-45-46-30-27-34-13-10-11-21-44(34)49(46)57(47(45)32-39)42-19-8-3-9-20-42/h1-33H. The highest BCUT2D eigenvalue weighted by atomic mass is 15.0. The van der Waals surface area contributed by atoms with Gasteiger partial charge in [0.15, 0.2) is 17.5 Å². The second-order valence-electron chi connectivity index (χ2n) is 14.3. The Labute approximate surface area is 329 Å². The van der Waals surface area contributed by atoms with Crippen molar-refractivity contribution in [1.82, 2.24) is 24.5 Å². The molecule has 3 aromatic heterocycles. The Hall–Kier alpha value is -7.76. The summed E-state index contributed by atoms with van der Waals surface area (Å²) < 4.78 is 2.41. The average molecular weight is 728 g/mol. The van der Waals surface area contributed by atoms with Crippen LogP contribution < -0.4 is 0 Å². The van der Waals surface area contributed by atoms with Crippen molar-refractivity contribution in [3.8, 4) is 62.1 Å². The van der Waals surface area contributed by atoms with Crippen LogP contribution in [0.1, 0.15) is 0 Å². The van der Waals surface area contributed by atoms with E-state index in [0.717, 1.165) is 55.5 Å². The van der Waals surface area contributed by atoms with Gasteiger partial charge < -0.3 is 4.57 Å². The first-order valence-corrected chi connectivity index (χ1v) is 19.1. The molecule has 0 N–H and O–H groups in total. The van der Waals surface area contributed by atoms with E-state index in [4.69, 9.17) is 19.9 Å². The predicted molar refractivity (Wildman–Crippen MR) is 234 cm³/mol. The van der Waals surface area contributed by atoms with E-state index < -0.39 is 0 Å². The Balaban J connectivity index is 0.979. The summed E-state index contributed by atoms with van der Waals surface area (Å²) in [5.74, 6) is 1.92. The maximum absolute atomic E-state index is 5.11. The number of nitrogens with zero attached hydrogens (tertiary/aromatic N) is 5. The molecule has 5 heteroatoms. The van der Waals surface area contributed by atoms with Crippen molar-refractivity contribution in [1.29, 1.82) is 0 Å². The normalized spacial score (nSPS) is 11.5. The summed E-state index contributed by atoms with van der Waals surface area (Å²) >= 11 is 0. The maximum Gasteiger partial charge on any atom is 0.164 e. The van der Waals surface area contributed by atoms with E-state index in [1.807, 2.05) is 66.9 Å². The van der Waals surface area contributed by atoms with Crippen molar-refractivity contribution in [3.05, 3.63) is 200 Å². The number of aromatic nitrogens is 5. The summed E-state index contributed by atoms with van der Waals surface area (Å²) in [4.78, 5) is 19.8. The molecule has 0 fully saturated rings. The van der Waals surface area contributed by atoms with Gasteiger partial charge in [-0.1, -0.05) is 170 Å². The van der Waals surface area contributed by atoms with Gasteiger partial charge in [-0.3, -0.25) is 4.98 Å². The largest absolute Gasteiger partial charge is 0.309 e. The lowest BCUT2D eigenvalue weighted by Gasteiger charge is -2.11. The van der Waals surface area contributed by atoms with Crippen LogP contribution in [0.15, 0.2) is 200 Å². The molecule has 0 radical (unpaired) electrons. The van der Waals surface area contributed by atoms with Gasteiger partial charge in [0.25, 0.3) is 0 Å².